The van der Waals surface area contributed by atoms with E-state index in [2.05, 4.69) is 15.9 Å². The Morgan fingerprint density at radius 3 is 2.76 bits per heavy atom. The molecule has 4 heteroatoms. The summed E-state index contributed by atoms with van der Waals surface area (Å²) in [4.78, 5) is 12.2. The van der Waals surface area contributed by atoms with Crippen LogP contribution in [0.5, 0.6) is 5.75 Å². The second kappa shape index (κ2) is 4.78. The molecule has 2 N–H and O–H groups in total. The number of ketones is 1. The van der Waals surface area contributed by atoms with Gasteiger partial charge in [-0.05, 0) is 31.0 Å². The van der Waals surface area contributed by atoms with Crippen LogP contribution in [0.4, 0.5) is 0 Å². The lowest BCUT2D eigenvalue weighted by atomic mass is 9.95. The van der Waals surface area contributed by atoms with Crippen molar-refractivity contribution in [3.05, 3.63) is 28.2 Å². The summed E-state index contributed by atoms with van der Waals surface area (Å²) in [5, 5.41) is 0. The van der Waals surface area contributed by atoms with E-state index in [4.69, 9.17) is 10.5 Å². The van der Waals surface area contributed by atoms with Crippen LogP contribution in [0.25, 0.3) is 0 Å². The van der Waals surface area contributed by atoms with E-state index in [9.17, 15) is 4.79 Å². The predicted octanol–water partition coefficient (Wildman–Crippen LogP) is 2.31. The molecule has 1 saturated carbocycles. The van der Waals surface area contributed by atoms with Crippen molar-refractivity contribution in [1.29, 1.82) is 0 Å². The zero-order valence-electron chi connectivity index (χ0n) is 9.83. The number of benzene rings is 1. The van der Waals surface area contributed by atoms with Crippen LogP contribution < -0.4 is 10.5 Å². The topological polar surface area (TPSA) is 52.3 Å². The van der Waals surface area contributed by atoms with E-state index >= 15 is 0 Å². The van der Waals surface area contributed by atoms with Gasteiger partial charge in [-0.2, -0.15) is 0 Å². The second-order valence-corrected chi connectivity index (χ2v) is 5.46. The van der Waals surface area contributed by atoms with Crippen LogP contribution in [0.2, 0.25) is 0 Å². The standard InChI is InChI=1S/C13H16BrNO2/c1-17-11-3-2-10(14)6-9(11)7-12(16)13(8-15)4-5-13/h2-3,6H,4-5,7-8,15H2,1H3. The van der Waals surface area contributed by atoms with Gasteiger partial charge in [0, 0.05) is 28.4 Å². The van der Waals surface area contributed by atoms with E-state index in [1.165, 1.54) is 0 Å². The molecule has 0 amide bonds. The van der Waals surface area contributed by atoms with Gasteiger partial charge in [-0.3, -0.25) is 4.79 Å². The number of halogens is 1. The van der Waals surface area contributed by atoms with Crippen molar-refractivity contribution in [3.63, 3.8) is 0 Å². The highest BCUT2D eigenvalue weighted by molar-refractivity contribution is 9.10. The molecule has 0 radical (unpaired) electrons. The van der Waals surface area contributed by atoms with Crippen molar-refractivity contribution in [2.45, 2.75) is 19.3 Å². The first kappa shape index (κ1) is 12.6. The molecular weight excluding hydrogens is 282 g/mol. The highest BCUT2D eigenvalue weighted by atomic mass is 79.9. The Kier molecular flexibility index (Phi) is 3.54. The van der Waals surface area contributed by atoms with Crippen LogP contribution in [0.15, 0.2) is 22.7 Å². The van der Waals surface area contributed by atoms with Gasteiger partial charge in [0.1, 0.15) is 11.5 Å². The fraction of sp³-hybridized carbons (Fsp3) is 0.462. The van der Waals surface area contributed by atoms with E-state index in [1.54, 1.807) is 7.11 Å². The molecule has 2 rings (SSSR count). The molecule has 1 aromatic carbocycles. The summed E-state index contributed by atoms with van der Waals surface area (Å²) >= 11 is 3.41. The number of hydrogen-bond acceptors (Lipinski definition) is 3. The number of hydrogen-bond donors (Lipinski definition) is 1. The molecule has 92 valence electrons. The zero-order valence-corrected chi connectivity index (χ0v) is 11.4. The number of nitrogens with two attached hydrogens (primary N) is 1. The number of methoxy groups -OCH3 is 1. The molecule has 0 spiro atoms. The van der Waals surface area contributed by atoms with Gasteiger partial charge in [0.2, 0.25) is 0 Å². The van der Waals surface area contributed by atoms with Crippen molar-refractivity contribution in [2.75, 3.05) is 13.7 Å². The Morgan fingerprint density at radius 1 is 1.53 bits per heavy atom. The summed E-state index contributed by atoms with van der Waals surface area (Å²) in [6.07, 6.45) is 2.26. The maximum Gasteiger partial charge on any atom is 0.144 e. The first-order valence-electron chi connectivity index (χ1n) is 5.67. The van der Waals surface area contributed by atoms with Gasteiger partial charge in [0.15, 0.2) is 0 Å². The monoisotopic (exact) mass is 297 g/mol. The smallest absolute Gasteiger partial charge is 0.144 e. The van der Waals surface area contributed by atoms with E-state index in [0.717, 1.165) is 28.6 Å². The average Bonchev–Trinajstić information content (AvgIpc) is 3.10. The molecule has 0 aromatic heterocycles. The summed E-state index contributed by atoms with van der Waals surface area (Å²) in [5.74, 6) is 0.991. The van der Waals surface area contributed by atoms with Crippen LogP contribution in [-0.2, 0) is 11.2 Å². The minimum atomic E-state index is -0.243. The Balaban J connectivity index is 2.18. The lowest BCUT2D eigenvalue weighted by molar-refractivity contribution is -0.123. The van der Waals surface area contributed by atoms with Crippen LogP contribution in [0, 0.1) is 5.41 Å². The molecule has 1 fully saturated rings. The number of Topliss-reactive ketones (excluding diaryl/α,β-unsaturated/α-hetero) is 1. The lowest BCUT2D eigenvalue weighted by Crippen LogP contribution is -2.26. The van der Waals surface area contributed by atoms with Gasteiger partial charge in [-0.15, -0.1) is 0 Å². The highest BCUT2D eigenvalue weighted by Crippen LogP contribution is 2.46. The van der Waals surface area contributed by atoms with Gasteiger partial charge < -0.3 is 10.5 Å². The van der Waals surface area contributed by atoms with Gasteiger partial charge in [-0.25, -0.2) is 0 Å². The molecule has 1 aromatic rings. The third kappa shape index (κ3) is 2.53. The highest BCUT2D eigenvalue weighted by Gasteiger charge is 2.47. The first-order valence-corrected chi connectivity index (χ1v) is 6.46. The summed E-state index contributed by atoms with van der Waals surface area (Å²) in [6.45, 7) is 0.460. The minimum Gasteiger partial charge on any atom is -0.496 e. The lowest BCUT2D eigenvalue weighted by Gasteiger charge is -2.13. The Morgan fingerprint density at radius 2 is 2.24 bits per heavy atom. The Labute approximate surface area is 109 Å². The molecule has 0 heterocycles. The van der Waals surface area contributed by atoms with E-state index in [0.29, 0.717) is 13.0 Å². The van der Waals surface area contributed by atoms with E-state index in [-0.39, 0.29) is 11.2 Å². The summed E-state index contributed by atoms with van der Waals surface area (Å²) in [7, 11) is 1.62. The molecule has 0 aliphatic heterocycles. The normalized spacial score (nSPS) is 16.6. The average molecular weight is 298 g/mol. The maximum atomic E-state index is 12.2. The molecular formula is C13H16BrNO2. The fourth-order valence-corrected chi connectivity index (χ4v) is 2.40. The predicted molar refractivity (Wildman–Crippen MR) is 70.1 cm³/mol. The van der Waals surface area contributed by atoms with Crippen LogP contribution in [0.3, 0.4) is 0 Å². The van der Waals surface area contributed by atoms with Crippen molar-refractivity contribution in [3.8, 4) is 5.75 Å². The summed E-state index contributed by atoms with van der Waals surface area (Å²) < 4.78 is 6.22. The zero-order chi connectivity index (χ0) is 12.5. The Bertz CT molecular complexity index is 441. The Hall–Kier alpha value is -0.870. The molecule has 3 nitrogen and oxygen atoms in total. The van der Waals surface area contributed by atoms with Crippen LogP contribution in [-0.4, -0.2) is 19.4 Å². The third-order valence-electron chi connectivity index (χ3n) is 3.43. The number of carbonyl (C=O) groups is 1. The van der Waals surface area contributed by atoms with Gasteiger partial charge in [0.05, 0.1) is 7.11 Å². The molecule has 17 heavy (non-hydrogen) atoms. The first-order chi connectivity index (χ1) is 8.11. The van der Waals surface area contributed by atoms with Crippen molar-refractivity contribution < 1.29 is 9.53 Å². The molecule has 0 bridgehead atoms. The quantitative estimate of drug-likeness (QED) is 0.907. The van der Waals surface area contributed by atoms with Crippen molar-refractivity contribution >= 4 is 21.7 Å². The second-order valence-electron chi connectivity index (χ2n) is 4.54. The molecule has 0 unspecified atom stereocenters. The summed E-state index contributed by atoms with van der Waals surface area (Å²) in [5.41, 5.74) is 6.34. The minimum absolute atomic E-state index is 0.233. The molecule has 0 saturated heterocycles. The molecule has 1 aliphatic carbocycles. The number of rotatable bonds is 5. The van der Waals surface area contributed by atoms with Gasteiger partial charge in [0.25, 0.3) is 0 Å². The summed E-state index contributed by atoms with van der Waals surface area (Å²) in [6, 6.07) is 5.71. The van der Waals surface area contributed by atoms with E-state index in [1.807, 2.05) is 18.2 Å². The third-order valence-corrected chi connectivity index (χ3v) is 3.92. The van der Waals surface area contributed by atoms with Gasteiger partial charge >= 0.3 is 0 Å². The number of ether oxygens (including phenoxy) is 1. The fourth-order valence-electron chi connectivity index (χ4n) is 1.99. The molecule has 1 aliphatic rings. The van der Waals surface area contributed by atoms with Crippen molar-refractivity contribution in [1.82, 2.24) is 0 Å². The van der Waals surface area contributed by atoms with Crippen LogP contribution >= 0.6 is 15.9 Å². The SMILES string of the molecule is COc1ccc(Br)cc1CC(=O)C1(CN)CC1. The van der Waals surface area contributed by atoms with Gasteiger partial charge in [-0.1, -0.05) is 15.9 Å². The largest absolute Gasteiger partial charge is 0.496 e. The molecule has 0 atom stereocenters. The maximum absolute atomic E-state index is 12.2. The van der Waals surface area contributed by atoms with Crippen molar-refractivity contribution in [2.24, 2.45) is 11.1 Å². The van der Waals surface area contributed by atoms with E-state index < -0.39 is 0 Å². The number of carbonyl (C=O) groups excluding carboxylic acids is 1. The van der Waals surface area contributed by atoms with Crippen LogP contribution in [0.1, 0.15) is 18.4 Å².